The molecule has 5 rings (SSSR count). The van der Waals surface area contributed by atoms with Gasteiger partial charge in [0.25, 0.3) is 5.91 Å². The molecule has 32 heavy (non-hydrogen) atoms. The largest absolute Gasteiger partial charge is 0.273 e. The van der Waals surface area contributed by atoms with Crippen molar-refractivity contribution >= 4 is 34.8 Å². The van der Waals surface area contributed by atoms with Crippen LogP contribution in [0.5, 0.6) is 0 Å². The number of para-hydroxylation sites is 1. The first kappa shape index (κ1) is 20.7. The third-order valence-electron chi connectivity index (χ3n) is 6.20. The van der Waals surface area contributed by atoms with Gasteiger partial charge >= 0.3 is 0 Å². The van der Waals surface area contributed by atoms with E-state index in [0.29, 0.717) is 10.7 Å². The van der Waals surface area contributed by atoms with E-state index in [1.807, 2.05) is 75.4 Å². The number of hydrogen-bond acceptors (Lipinski definition) is 4. The Morgan fingerprint density at radius 3 is 2.09 bits per heavy atom. The van der Waals surface area contributed by atoms with Crippen molar-refractivity contribution in [3.05, 3.63) is 94.0 Å². The Hall–Kier alpha value is -3.15. The summed E-state index contributed by atoms with van der Waals surface area (Å²) in [4.78, 5) is 34.8. The van der Waals surface area contributed by atoms with Gasteiger partial charge < -0.3 is 0 Å². The normalized spacial score (nSPS) is 22.6. The molecule has 2 aliphatic rings. The van der Waals surface area contributed by atoms with Gasteiger partial charge in [0.15, 0.2) is 6.10 Å². The van der Waals surface area contributed by atoms with E-state index in [4.69, 9.17) is 16.4 Å². The molecular formula is C26H23ClN2O3. The lowest BCUT2D eigenvalue weighted by atomic mass is 9.90. The summed E-state index contributed by atoms with van der Waals surface area (Å²) in [5.41, 5.74) is 5.19. The summed E-state index contributed by atoms with van der Waals surface area (Å²) < 4.78 is 0. The molecule has 2 aliphatic heterocycles. The Labute approximate surface area is 192 Å². The number of benzene rings is 3. The molecule has 2 heterocycles. The van der Waals surface area contributed by atoms with E-state index >= 15 is 0 Å². The molecule has 2 amide bonds. The highest BCUT2D eigenvalue weighted by molar-refractivity contribution is 6.30. The lowest BCUT2D eigenvalue weighted by molar-refractivity contribution is -0.126. The fourth-order valence-corrected chi connectivity index (χ4v) is 5.08. The Morgan fingerprint density at radius 1 is 0.844 bits per heavy atom. The topological polar surface area (TPSA) is 49.9 Å². The van der Waals surface area contributed by atoms with Crippen LogP contribution in [0.2, 0.25) is 5.02 Å². The van der Waals surface area contributed by atoms with Gasteiger partial charge in [0.2, 0.25) is 5.91 Å². The van der Waals surface area contributed by atoms with Crippen molar-refractivity contribution in [2.24, 2.45) is 5.92 Å². The van der Waals surface area contributed by atoms with Gasteiger partial charge in [-0.1, -0.05) is 59.6 Å². The van der Waals surface area contributed by atoms with E-state index in [0.717, 1.165) is 27.9 Å². The summed E-state index contributed by atoms with van der Waals surface area (Å²) in [6.45, 7) is 5.86. The Bertz CT molecular complexity index is 1190. The summed E-state index contributed by atoms with van der Waals surface area (Å²) in [5, 5.41) is 2.30. The minimum Gasteiger partial charge on any atom is -0.273 e. The summed E-state index contributed by atoms with van der Waals surface area (Å²) in [5.74, 6) is -1.23. The van der Waals surface area contributed by atoms with Gasteiger partial charge in [-0.3, -0.25) is 14.4 Å². The zero-order chi connectivity index (χ0) is 22.6. The molecular weight excluding hydrogens is 424 g/mol. The molecule has 3 aromatic rings. The number of anilines is 2. The monoisotopic (exact) mass is 446 g/mol. The Morgan fingerprint density at radius 2 is 1.47 bits per heavy atom. The van der Waals surface area contributed by atoms with Crippen molar-refractivity contribution in [2.75, 3.05) is 9.96 Å². The molecule has 5 nitrogen and oxygen atoms in total. The smallest absolute Gasteiger partial charge is 0.266 e. The first-order valence-electron chi connectivity index (χ1n) is 10.6. The second-order valence-corrected chi connectivity index (χ2v) is 8.91. The highest BCUT2D eigenvalue weighted by Crippen LogP contribution is 2.48. The van der Waals surface area contributed by atoms with Gasteiger partial charge in [-0.15, -0.1) is 0 Å². The highest BCUT2D eigenvalue weighted by Gasteiger charge is 2.60. The fourth-order valence-electron chi connectivity index (χ4n) is 4.96. The van der Waals surface area contributed by atoms with E-state index < -0.39 is 18.1 Å². The number of imide groups is 1. The number of carbonyl (C=O) groups excluding carboxylic acids is 2. The number of hydroxylamine groups is 1. The van der Waals surface area contributed by atoms with Crippen molar-refractivity contribution < 1.29 is 14.4 Å². The number of halogens is 1. The van der Waals surface area contributed by atoms with Gasteiger partial charge in [-0.25, -0.2) is 9.96 Å². The van der Waals surface area contributed by atoms with Crippen LogP contribution in [0.4, 0.5) is 11.4 Å². The van der Waals surface area contributed by atoms with Crippen LogP contribution in [0.25, 0.3) is 0 Å². The van der Waals surface area contributed by atoms with Crippen LogP contribution in [0.1, 0.15) is 28.3 Å². The zero-order valence-corrected chi connectivity index (χ0v) is 18.8. The highest BCUT2D eigenvalue weighted by atomic mass is 35.5. The predicted molar refractivity (Wildman–Crippen MR) is 125 cm³/mol. The predicted octanol–water partition coefficient (Wildman–Crippen LogP) is 5.32. The number of hydrogen-bond donors (Lipinski definition) is 0. The molecule has 6 heteroatoms. The van der Waals surface area contributed by atoms with E-state index in [9.17, 15) is 9.59 Å². The molecule has 0 N–H and O–H groups in total. The summed E-state index contributed by atoms with van der Waals surface area (Å²) in [6.07, 6.45) is -0.886. The molecule has 0 spiro atoms. The van der Waals surface area contributed by atoms with Crippen LogP contribution in [0.3, 0.4) is 0 Å². The third kappa shape index (κ3) is 3.20. The summed E-state index contributed by atoms with van der Waals surface area (Å²) >= 11 is 6.11. The second-order valence-electron chi connectivity index (χ2n) is 8.47. The van der Waals surface area contributed by atoms with Crippen LogP contribution < -0.4 is 9.96 Å². The molecule has 0 aliphatic carbocycles. The summed E-state index contributed by atoms with van der Waals surface area (Å²) in [7, 11) is 0. The number of rotatable bonds is 3. The third-order valence-corrected chi connectivity index (χ3v) is 6.45. The standard InChI is InChI=1S/C26H23ClN2O3/c1-15-13-16(2)22(17(3)14-15)28-25(30)21-23(18-9-11-19(27)12-10-18)29(32-24(21)26(28)31)20-7-5-4-6-8-20/h4-14,21,23-24H,1-3H3/t21-,23-,24+/m1/s1. The maximum absolute atomic E-state index is 13.8. The van der Waals surface area contributed by atoms with Gasteiger partial charge in [-0.05, 0) is 61.7 Å². The molecule has 2 fully saturated rings. The van der Waals surface area contributed by atoms with Crippen LogP contribution in [0, 0.1) is 26.7 Å². The van der Waals surface area contributed by atoms with Crippen molar-refractivity contribution in [1.82, 2.24) is 0 Å². The maximum Gasteiger partial charge on any atom is 0.266 e. The number of amides is 2. The average Bonchev–Trinajstić information content (AvgIpc) is 3.26. The van der Waals surface area contributed by atoms with Gasteiger partial charge in [0, 0.05) is 5.02 Å². The van der Waals surface area contributed by atoms with Crippen LogP contribution in [0.15, 0.2) is 66.7 Å². The molecule has 0 saturated carbocycles. The summed E-state index contributed by atoms with van der Waals surface area (Å²) in [6, 6.07) is 20.4. The molecule has 2 saturated heterocycles. The fraction of sp³-hybridized carbons (Fsp3) is 0.231. The van der Waals surface area contributed by atoms with Gasteiger partial charge in [-0.2, -0.15) is 0 Å². The Balaban J connectivity index is 1.61. The minimum absolute atomic E-state index is 0.242. The van der Waals surface area contributed by atoms with Crippen LogP contribution in [-0.2, 0) is 14.4 Å². The molecule has 162 valence electrons. The maximum atomic E-state index is 13.8. The van der Waals surface area contributed by atoms with Crippen molar-refractivity contribution in [2.45, 2.75) is 32.9 Å². The SMILES string of the molecule is Cc1cc(C)c(N2C(=O)[C@H]3[C@H](ON(c4ccccc4)[C@@H]3c3ccc(Cl)cc3)C2=O)c(C)c1. The molecule has 0 unspecified atom stereocenters. The molecule has 0 aromatic heterocycles. The number of carbonyl (C=O) groups is 2. The lowest BCUT2D eigenvalue weighted by Crippen LogP contribution is -2.38. The molecule has 0 bridgehead atoms. The number of fused-ring (bicyclic) bond motifs is 1. The Kier molecular flexibility index (Phi) is 5.03. The van der Waals surface area contributed by atoms with E-state index in [-0.39, 0.29) is 11.8 Å². The number of nitrogens with zero attached hydrogens (tertiary/aromatic N) is 2. The lowest BCUT2D eigenvalue weighted by Gasteiger charge is -2.29. The minimum atomic E-state index is -0.886. The first-order chi connectivity index (χ1) is 15.4. The first-order valence-corrected chi connectivity index (χ1v) is 11.0. The second kappa shape index (κ2) is 7.76. The van der Waals surface area contributed by atoms with Crippen molar-refractivity contribution in [3.8, 4) is 0 Å². The zero-order valence-electron chi connectivity index (χ0n) is 18.1. The van der Waals surface area contributed by atoms with Crippen LogP contribution >= 0.6 is 11.6 Å². The van der Waals surface area contributed by atoms with E-state index in [1.165, 1.54) is 4.90 Å². The molecule has 0 radical (unpaired) electrons. The van der Waals surface area contributed by atoms with Crippen molar-refractivity contribution in [1.29, 1.82) is 0 Å². The number of aryl methyl sites for hydroxylation is 3. The van der Waals surface area contributed by atoms with Gasteiger partial charge in [0.1, 0.15) is 5.92 Å². The quantitative estimate of drug-likeness (QED) is 0.511. The molecule has 3 aromatic carbocycles. The van der Waals surface area contributed by atoms with Crippen molar-refractivity contribution in [3.63, 3.8) is 0 Å². The molecule has 3 atom stereocenters. The average molecular weight is 447 g/mol. The van der Waals surface area contributed by atoms with Gasteiger partial charge in [0.05, 0.1) is 17.4 Å². The van der Waals surface area contributed by atoms with Crippen LogP contribution in [-0.4, -0.2) is 17.9 Å². The van der Waals surface area contributed by atoms with E-state index in [2.05, 4.69) is 0 Å². The van der Waals surface area contributed by atoms with E-state index in [1.54, 1.807) is 17.2 Å².